The molecule has 2 rings (SSSR count). The number of nitrogens with two attached hydrogens (primary N) is 1. The van der Waals surface area contributed by atoms with Crippen molar-refractivity contribution in [3.63, 3.8) is 0 Å². The molecule has 0 atom stereocenters. The van der Waals surface area contributed by atoms with Gasteiger partial charge in [0, 0.05) is 30.8 Å². The van der Waals surface area contributed by atoms with E-state index in [4.69, 9.17) is 15.2 Å². The lowest BCUT2D eigenvalue weighted by molar-refractivity contribution is -0.135. The molecule has 0 unspecified atom stereocenters. The van der Waals surface area contributed by atoms with Crippen molar-refractivity contribution < 1.29 is 19.1 Å². The van der Waals surface area contributed by atoms with Crippen LogP contribution in [-0.2, 0) is 14.3 Å². The monoisotopic (exact) mass is 351 g/mol. The van der Waals surface area contributed by atoms with Crippen molar-refractivity contribution in [3.8, 4) is 0 Å². The molecule has 0 bridgehead atoms. The molecular formula is C18H29N3O4. The first-order chi connectivity index (χ1) is 11.7. The summed E-state index contributed by atoms with van der Waals surface area (Å²) in [5.74, 6) is 0.0592. The van der Waals surface area contributed by atoms with E-state index >= 15 is 0 Å². The number of carbonyl (C=O) groups is 2. The second kappa shape index (κ2) is 7.89. The summed E-state index contributed by atoms with van der Waals surface area (Å²) >= 11 is 0. The summed E-state index contributed by atoms with van der Waals surface area (Å²) in [4.78, 5) is 30.7. The van der Waals surface area contributed by atoms with Crippen LogP contribution in [0.25, 0.3) is 0 Å². The molecule has 0 aromatic carbocycles. The number of amides is 1. The second-order valence-electron chi connectivity index (χ2n) is 7.51. The highest BCUT2D eigenvalue weighted by atomic mass is 16.6. The minimum atomic E-state index is -0.575. The van der Waals surface area contributed by atoms with Gasteiger partial charge in [-0.3, -0.25) is 4.99 Å². The predicted molar refractivity (Wildman–Crippen MR) is 95.3 cm³/mol. The predicted octanol–water partition coefficient (Wildman–Crippen LogP) is 2.25. The fourth-order valence-corrected chi connectivity index (χ4v) is 2.49. The molecule has 7 nitrogen and oxygen atoms in total. The number of hydrogen-bond donors (Lipinski definition) is 1. The van der Waals surface area contributed by atoms with E-state index < -0.39 is 17.7 Å². The topological polar surface area (TPSA) is 94.2 Å². The van der Waals surface area contributed by atoms with Crippen LogP contribution in [0.4, 0.5) is 4.79 Å². The first kappa shape index (κ1) is 19.3. The van der Waals surface area contributed by atoms with Crippen LogP contribution in [0.2, 0.25) is 0 Å². The van der Waals surface area contributed by atoms with E-state index in [1.807, 2.05) is 20.8 Å². The molecule has 1 heterocycles. The average molecular weight is 351 g/mol. The smallest absolute Gasteiger partial charge is 0.410 e. The molecule has 0 aromatic rings. The van der Waals surface area contributed by atoms with E-state index in [9.17, 15) is 9.59 Å². The van der Waals surface area contributed by atoms with Gasteiger partial charge in [0.25, 0.3) is 0 Å². The molecular weight excluding hydrogens is 322 g/mol. The van der Waals surface area contributed by atoms with E-state index in [-0.39, 0.29) is 18.9 Å². The van der Waals surface area contributed by atoms with Crippen molar-refractivity contribution in [2.75, 3.05) is 26.2 Å². The van der Waals surface area contributed by atoms with Gasteiger partial charge in [-0.15, -0.1) is 0 Å². The van der Waals surface area contributed by atoms with E-state index in [1.54, 1.807) is 11.8 Å². The quantitative estimate of drug-likeness (QED) is 0.605. The highest BCUT2D eigenvalue weighted by Crippen LogP contribution is 2.29. The van der Waals surface area contributed by atoms with Crippen molar-refractivity contribution in [3.05, 3.63) is 11.3 Å². The number of ether oxygens (including phenoxy) is 2. The standard InChI is InChI=1S/C18H29N3O4/c1-5-24-16(22)15(20-10-12-6-7-12)13-11-21(9-8-14(13)19)17(23)25-18(2,3)4/h12H,5-11,19H2,1-4H3. The van der Waals surface area contributed by atoms with Gasteiger partial charge in [-0.05, 0) is 46.5 Å². The molecule has 0 spiro atoms. The third-order valence-corrected chi connectivity index (χ3v) is 4.00. The van der Waals surface area contributed by atoms with Crippen LogP contribution in [-0.4, -0.2) is 54.5 Å². The van der Waals surface area contributed by atoms with Gasteiger partial charge >= 0.3 is 12.1 Å². The molecule has 140 valence electrons. The Morgan fingerprint density at radius 3 is 2.56 bits per heavy atom. The van der Waals surface area contributed by atoms with Crippen LogP contribution in [0, 0.1) is 5.92 Å². The molecule has 1 saturated carbocycles. The lowest BCUT2D eigenvalue weighted by Crippen LogP contribution is -2.43. The first-order valence-electron chi connectivity index (χ1n) is 8.88. The van der Waals surface area contributed by atoms with E-state index in [2.05, 4.69) is 4.99 Å². The lowest BCUT2D eigenvalue weighted by Gasteiger charge is -2.31. The van der Waals surface area contributed by atoms with E-state index in [0.717, 1.165) is 12.8 Å². The number of carbonyl (C=O) groups excluding carboxylic acids is 2. The van der Waals surface area contributed by atoms with Crippen molar-refractivity contribution >= 4 is 17.8 Å². The van der Waals surface area contributed by atoms with Crippen LogP contribution in [0.15, 0.2) is 16.3 Å². The molecule has 2 aliphatic rings. The molecule has 7 heteroatoms. The fourth-order valence-electron chi connectivity index (χ4n) is 2.49. The molecule has 1 aliphatic heterocycles. The van der Waals surface area contributed by atoms with Gasteiger partial charge < -0.3 is 20.1 Å². The Bertz CT molecular complexity index is 586. The van der Waals surface area contributed by atoms with Crippen molar-refractivity contribution in [2.45, 2.75) is 52.6 Å². The molecule has 0 aromatic heterocycles. The molecule has 25 heavy (non-hydrogen) atoms. The maximum absolute atomic E-state index is 12.3. The van der Waals surface area contributed by atoms with Crippen LogP contribution in [0.1, 0.15) is 47.0 Å². The highest BCUT2D eigenvalue weighted by Gasteiger charge is 2.31. The van der Waals surface area contributed by atoms with Crippen LogP contribution in [0.5, 0.6) is 0 Å². The summed E-state index contributed by atoms with van der Waals surface area (Å²) in [6.45, 7) is 8.75. The van der Waals surface area contributed by atoms with E-state index in [1.165, 1.54) is 0 Å². The number of esters is 1. The number of aliphatic imine (C=N–C) groups is 1. The van der Waals surface area contributed by atoms with Crippen molar-refractivity contribution in [2.24, 2.45) is 16.6 Å². The summed E-state index contributed by atoms with van der Waals surface area (Å²) in [7, 11) is 0. The summed E-state index contributed by atoms with van der Waals surface area (Å²) in [6, 6.07) is 0. The van der Waals surface area contributed by atoms with Crippen LogP contribution < -0.4 is 5.73 Å². The average Bonchev–Trinajstić information content (AvgIpc) is 3.31. The Morgan fingerprint density at radius 2 is 2.00 bits per heavy atom. The second-order valence-corrected chi connectivity index (χ2v) is 7.51. The van der Waals surface area contributed by atoms with Gasteiger partial charge in [-0.1, -0.05) is 0 Å². The molecule has 1 amide bonds. The van der Waals surface area contributed by atoms with Gasteiger partial charge in [0.15, 0.2) is 0 Å². The summed E-state index contributed by atoms with van der Waals surface area (Å²) < 4.78 is 10.6. The van der Waals surface area contributed by atoms with Gasteiger partial charge in [-0.25, -0.2) is 9.59 Å². The Labute approximate surface area is 149 Å². The highest BCUT2D eigenvalue weighted by molar-refractivity contribution is 6.43. The van der Waals surface area contributed by atoms with Gasteiger partial charge in [0.05, 0.1) is 13.2 Å². The molecule has 1 fully saturated rings. The summed E-state index contributed by atoms with van der Waals surface area (Å²) in [5, 5.41) is 0. The molecule has 0 radical (unpaired) electrons. The van der Waals surface area contributed by atoms with Gasteiger partial charge in [-0.2, -0.15) is 0 Å². The maximum Gasteiger partial charge on any atom is 0.410 e. The Balaban J connectivity index is 2.18. The first-order valence-corrected chi connectivity index (χ1v) is 8.88. The van der Waals surface area contributed by atoms with Gasteiger partial charge in [0.1, 0.15) is 11.3 Å². The van der Waals surface area contributed by atoms with Crippen molar-refractivity contribution in [1.29, 1.82) is 0 Å². The van der Waals surface area contributed by atoms with Crippen LogP contribution in [0.3, 0.4) is 0 Å². The van der Waals surface area contributed by atoms with Crippen molar-refractivity contribution in [1.82, 2.24) is 4.90 Å². The molecule has 1 aliphatic carbocycles. The zero-order valence-corrected chi connectivity index (χ0v) is 15.6. The Kier molecular flexibility index (Phi) is 6.08. The minimum absolute atomic E-state index is 0.211. The largest absolute Gasteiger partial charge is 0.461 e. The molecule has 0 saturated heterocycles. The SMILES string of the molecule is CCOC(=O)C(=NCC1CC1)C1=C(N)CCN(C(=O)OC(C)(C)C)C1. The zero-order chi connectivity index (χ0) is 18.6. The lowest BCUT2D eigenvalue weighted by atomic mass is 10.0. The fraction of sp³-hybridized carbons (Fsp3) is 0.722. The minimum Gasteiger partial charge on any atom is -0.461 e. The summed E-state index contributed by atoms with van der Waals surface area (Å²) in [5.41, 5.74) is 6.98. The Hall–Kier alpha value is -2.05. The Morgan fingerprint density at radius 1 is 1.32 bits per heavy atom. The molecule has 2 N–H and O–H groups in total. The zero-order valence-electron chi connectivity index (χ0n) is 15.6. The van der Waals surface area contributed by atoms with Gasteiger partial charge in [0.2, 0.25) is 0 Å². The number of rotatable bonds is 5. The third kappa shape index (κ3) is 5.76. The summed E-state index contributed by atoms with van der Waals surface area (Å²) in [6.07, 6.45) is 2.34. The third-order valence-electron chi connectivity index (χ3n) is 4.00. The number of nitrogens with zero attached hydrogens (tertiary/aromatic N) is 2. The number of hydrogen-bond acceptors (Lipinski definition) is 6. The van der Waals surface area contributed by atoms with E-state index in [0.29, 0.717) is 36.7 Å². The normalized spacial score (nSPS) is 19.0. The maximum atomic E-state index is 12.3. The van der Waals surface area contributed by atoms with Crippen LogP contribution >= 0.6 is 0 Å².